The number of fused-ring (bicyclic) bond motifs is 7. The van der Waals surface area contributed by atoms with Crippen molar-refractivity contribution in [3.8, 4) is 0 Å². The van der Waals surface area contributed by atoms with Crippen LogP contribution in [0.15, 0.2) is 159 Å². The van der Waals surface area contributed by atoms with Gasteiger partial charge in [0.2, 0.25) is 0 Å². The van der Waals surface area contributed by atoms with Gasteiger partial charge in [-0.15, -0.1) is 0 Å². The molecule has 9 aromatic rings. The van der Waals surface area contributed by atoms with E-state index in [-0.39, 0.29) is 0 Å². The monoisotopic (exact) mass is 618 g/mol. The van der Waals surface area contributed by atoms with Crippen LogP contribution in [0.3, 0.4) is 0 Å². The largest absolute Gasteiger partial charge is 0.308 e. The smallest absolute Gasteiger partial charge is 0.116 e. The Kier molecular flexibility index (Phi) is 6.61. The fourth-order valence-corrected chi connectivity index (χ4v) is 6.52. The first kappa shape index (κ1) is 27.5. The number of aromatic nitrogens is 6. The highest BCUT2D eigenvalue weighted by atomic mass is 15.2. The van der Waals surface area contributed by atoms with Crippen molar-refractivity contribution in [3.05, 3.63) is 159 Å². The SMILES string of the molecule is c1ccc2c(c1)c1ccccc1c1nc3c(N(c4ccncc4)c4ccncc4)ccc(N(c4ccncc4)c4ccncc4)c3nc21. The number of rotatable bonds is 6. The lowest BCUT2D eigenvalue weighted by molar-refractivity contribution is 1.21. The fraction of sp³-hybridized carbons (Fsp3) is 0. The minimum Gasteiger partial charge on any atom is -0.308 e. The molecule has 5 aromatic heterocycles. The van der Waals surface area contributed by atoms with E-state index in [4.69, 9.17) is 9.97 Å². The summed E-state index contributed by atoms with van der Waals surface area (Å²) in [6.07, 6.45) is 14.4. The van der Waals surface area contributed by atoms with Crippen molar-refractivity contribution in [2.24, 2.45) is 0 Å². The van der Waals surface area contributed by atoms with Crippen LogP contribution >= 0.6 is 0 Å². The number of nitrogens with zero attached hydrogens (tertiary/aromatic N) is 8. The molecule has 5 heterocycles. The molecule has 0 aliphatic heterocycles. The van der Waals surface area contributed by atoms with Gasteiger partial charge in [0.1, 0.15) is 11.0 Å². The molecule has 0 bridgehead atoms. The van der Waals surface area contributed by atoms with E-state index < -0.39 is 0 Å². The number of benzene rings is 4. The average molecular weight is 619 g/mol. The van der Waals surface area contributed by atoms with Crippen molar-refractivity contribution in [2.75, 3.05) is 9.80 Å². The first-order valence-electron chi connectivity index (χ1n) is 15.6. The number of anilines is 6. The van der Waals surface area contributed by atoms with Crippen LogP contribution in [0.1, 0.15) is 0 Å². The van der Waals surface area contributed by atoms with E-state index >= 15 is 0 Å². The molecule has 4 aromatic carbocycles. The zero-order valence-corrected chi connectivity index (χ0v) is 25.6. The Hall–Kier alpha value is -6.80. The van der Waals surface area contributed by atoms with Gasteiger partial charge in [-0.05, 0) is 71.4 Å². The van der Waals surface area contributed by atoms with Gasteiger partial charge < -0.3 is 9.80 Å². The molecule has 8 nitrogen and oxygen atoms in total. The molecule has 0 saturated heterocycles. The quantitative estimate of drug-likeness (QED) is 0.135. The van der Waals surface area contributed by atoms with Gasteiger partial charge in [-0.25, -0.2) is 9.97 Å². The maximum Gasteiger partial charge on any atom is 0.116 e. The van der Waals surface area contributed by atoms with E-state index in [9.17, 15) is 0 Å². The zero-order chi connectivity index (χ0) is 31.9. The second kappa shape index (κ2) is 11.5. The van der Waals surface area contributed by atoms with Crippen LogP contribution in [0.2, 0.25) is 0 Å². The maximum absolute atomic E-state index is 5.57. The van der Waals surface area contributed by atoms with Crippen molar-refractivity contribution in [1.82, 2.24) is 29.9 Å². The minimum atomic E-state index is 0.752. The van der Waals surface area contributed by atoms with Gasteiger partial charge in [-0.1, -0.05) is 48.5 Å². The summed E-state index contributed by atoms with van der Waals surface area (Å²) in [4.78, 5) is 32.7. The summed E-state index contributed by atoms with van der Waals surface area (Å²) in [5.41, 5.74) is 8.71. The normalized spacial score (nSPS) is 11.3. The molecule has 0 atom stereocenters. The lowest BCUT2D eigenvalue weighted by atomic mass is 9.99. The topological polar surface area (TPSA) is 83.8 Å². The molecule has 226 valence electrons. The Morgan fingerprint density at radius 2 is 0.583 bits per heavy atom. The summed E-state index contributed by atoms with van der Waals surface area (Å²) in [5.74, 6) is 0. The molecular formula is C40H26N8. The molecule has 0 saturated carbocycles. The van der Waals surface area contributed by atoms with E-state index in [1.54, 1.807) is 49.6 Å². The molecule has 0 fully saturated rings. The van der Waals surface area contributed by atoms with E-state index in [0.29, 0.717) is 0 Å². The molecule has 0 amide bonds. The Morgan fingerprint density at radius 3 is 0.896 bits per heavy atom. The van der Waals surface area contributed by atoms with Crippen LogP contribution in [-0.2, 0) is 0 Å². The molecule has 0 unspecified atom stereocenters. The summed E-state index contributed by atoms with van der Waals surface area (Å²) in [5, 5.41) is 4.39. The first-order chi connectivity index (χ1) is 23.8. The van der Waals surface area contributed by atoms with Crippen LogP contribution < -0.4 is 9.80 Å². The van der Waals surface area contributed by atoms with Crippen molar-refractivity contribution < 1.29 is 0 Å². The van der Waals surface area contributed by atoms with Crippen molar-refractivity contribution in [3.63, 3.8) is 0 Å². The average Bonchev–Trinajstić information content (AvgIpc) is 3.17. The van der Waals surface area contributed by atoms with Gasteiger partial charge in [0, 0.05) is 83.1 Å². The highest BCUT2D eigenvalue weighted by Gasteiger charge is 2.24. The number of hydrogen-bond donors (Lipinski definition) is 0. The molecule has 0 aliphatic rings. The fourth-order valence-electron chi connectivity index (χ4n) is 6.52. The Bertz CT molecular complexity index is 2300. The Morgan fingerprint density at radius 1 is 0.292 bits per heavy atom. The molecule has 0 aliphatic carbocycles. The summed E-state index contributed by atoms with van der Waals surface area (Å²) in [7, 11) is 0. The molecule has 0 N–H and O–H groups in total. The molecule has 8 heteroatoms. The van der Waals surface area contributed by atoms with Crippen LogP contribution in [0.25, 0.3) is 43.6 Å². The van der Waals surface area contributed by atoms with Crippen molar-refractivity contribution >= 4 is 77.7 Å². The van der Waals surface area contributed by atoms with Crippen LogP contribution in [0.5, 0.6) is 0 Å². The lowest BCUT2D eigenvalue weighted by Crippen LogP contribution is -2.14. The van der Waals surface area contributed by atoms with Gasteiger partial charge >= 0.3 is 0 Å². The number of pyridine rings is 4. The summed E-state index contributed by atoms with van der Waals surface area (Å²) in [6, 6.07) is 37.1. The highest BCUT2D eigenvalue weighted by Crippen LogP contribution is 2.45. The van der Waals surface area contributed by atoms with E-state index in [1.165, 1.54) is 0 Å². The van der Waals surface area contributed by atoms with Gasteiger partial charge in [0.25, 0.3) is 0 Å². The van der Waals surface area contributed by atoms with Gasteiger partial charge in [-0.3, -0.25) is 19.9 Å². The third kappa shape index (κ3) is 4.54. The molecule has 48 heavy (non-hydrogen) atoms. The van der Waals surface area contributed by atoms with Crippen molar-refractivity contribution in [2.45, 2.75) is 0 Å². The molecular weight excluding hydrogens is 592 g/mol. The van der Waals surface area contributed by atoms with E-state index in [1.807, 2.05) is 48.5 Å². The highest BCUT2D eigenvalue weighted by molar-refractivity contribution is 6.24. The predicted molar refractivity (Wildman–Crippen MR) is 193 cm³/mol. The third-order valence-electron chi connectivity index (χ3n) is 8.60. The van der Waals surface area contributed by atoms with Crippen LogP contribution in [0.4, 0.5) is 34.1 Å². The molecule has 9 rings (SSSR count). The van der Waals surface area contributed by atoms with Gasteiger partial charge in [0.05, 0.1) is 22.4 Å². The number of hydrogen-bond acceptors (Lipinski definition) is 8. The second-order valence-corrected chi connectivity index (χ2v) is 11.3. The van der Waals surface area contributed by atoms with E-state index in [2.05, 4.69) is 90.4 Å². The van der Waals surface area contributed by atoms with E-state index in [0.717, 1.165) is 77.7 Å². The predicted octanol–water partition coefficient (Wildman–Crippen LogP) is 9.61. The molecule has 0 radical (unpaired) electrons. The Labute approximate surface area is 275 Å². The minimum absolute atomic E-state index is 0.752. The van der Waals surface area contributed by atoms with Gasteiger partial charge in [-0.2, -0.15) is 0 Å². The van der Waals surface area contributed by atoms with Gasteiger partial charge in [0.15, 0.2) is 0 Å². The van der Waals surface area contributed by atoms with Crippen LogP contribution in [0, 0.1) is 0 Å². The first-order valence-corrected chi connectivity index (χ1v) is 15.6. The maximum atomic E-state index is 5.57. The summed E-state index contributed by atoms with van der Waals surface area (Å²) < 4.78 is 0. The molecule has 0 spiro atoms. The third-order valence-corrected chi connectivity index (χ3v) is 8.60. The lowest BCUT2D eigenvalue weighted by Gasteiger charge is -2.29. The van der Waals surface area contributed by atoms with Crippen LogP contribution in [-0.4, -0.2) is 29.9 Å². The zero-order valence-electron chi connectivity index (χ0n) is 25.6. The standard InChI is InChI=1S/C40H26N8/c1-3-7-33-31(5-1)32-6-2-4-8-34(32)38-37(33)45-39-35(47(27-11-19-41-20-12-27)28-13-21-42-22-14-28)9-10-36(40(39)46-38)48(29-15-23-43-24-16-29)30-17-25-44-26-18-30/h1-26H. The Balaban J connectivity index is 1.45. The summed E-state index contributed by atoms with van der Waals surface area (Å²) >= 11 is 0. The second-order valence-electron chi connectivity index (χ2n) is 11.3. The summed E-state index contributed by atoms with van der Waals surface area (Å²) in [6.45, 7) is 0. The van der Waals surface area contributed by atoms with Crippen molar-refractivity contribution in [1.29, 1.82) is 0 Å².